The molecule has 0 heterocycles. The van der Waals surface area contributed by atoms with Crippen LogP contribution in [0, 0.1) is 5.92 Å². The zero-order chi connectivity index (χ0) is 9.99. The molecule has 0 aliphatic rings. The second-order valence-corrected chi connectivity index (χ2v) is 2.21. The van der Waals surface area contributed by atoms with Crippen molar-refractivity contribution in [2.45, 2.75) is 18.8 Å². The summed E-state index contributed by atoms with van der Waals surface area (Å²) in [5, 5.41) is 0. The largest absolute Gasteiger partial charge is 0.400 e. The van der Waals surface area contributed by atoms with E-state index in [4.69, 9.17) is 0 Å². The molecule has 0 fully saturated rings. The lowest BCUT2D eigenvalue weighted by Crippen LogP contribution is -2.37. The molecule has 0 bridgehead atoms. The number of alkyl halides is 6. The maximum absolute atomic E-state index is 11.6. The lowest BCUT2D eigenvalue weighted by atomic mass is 10.1. The average Bonchev–Trinajstić information content (AvgIpc) is 1.77. The molecule has 0 aromatic rings. The number of halogens is 7. The summed E-state index contributed by atoms with van der Waals surface area (Å²) in [6, 6.07) is 0. The maximum Gasteiger partial charge on any atom is 0.400 e. The fraction of sp³-hybridized carbons (Fsp3) is 1.00. The number of hydrogen-bond donors (Lipinski definition) is 1. The van der Waals surface area contributed by atoms with Crippen molar-refractivity contribution in [1.29, 1.82) is 0 Å². The minimum absolute atomic E-state index is 0. The third kappa shape index (κ3) is 5.20. The predicted octanol–water partition coefficient (Wildman–Crippen LogP) is 2.50. The van der Waals surface area contributed by atoms with E-state index in [-0.39, 0.29) is 12.4 Å². The summed E-state index contributed by atoms with van der Waals surface area (Å²) in [6.07, 6.45) is -11.6. The van der Waals surface area contributed by atoms with Crippen LogP contribution in [0.2, 0.25) is 0 Å². The van der Waals surface area contributed by atoms with Gasteiger partial charge in [0.05, 0.1) is 0 Å². The molecule has 82 valence electrons. The van der Waals surface area contributed by atoms with Crippen LogP contribution in [0.3, 0.4) is 0 Å². The van der Waals surface area contributed by atoms with Gasteiger partial charge >= 0.3 is 12.4 Å². The summed E-state index contributed by atoms with van der Waals surface area (Å²) in [7, 11) is 0. The summed E-state index contributed by atoms with van der Waals surface area (Å²) < 4.78 is 69.8. The van der Waals surface area contributed by atoms with Crippen LogP contribution in [0.25, 0.3) is 0 Å². The van der Waals surface area contributed by atoms with Crippen LogP contribution in [0.1, 0.15) is 6.42 Å². The van der Waals surface area contributed by atoms with E-state index in [1.54, 1.807) is 0 Å². The van der Waals surface area contributed by atoms with Crippen LogP contribution in [-0.4, -0.2) is 18.9 Å². The Balaban J connectivity index is 0. The molecule has 0 aliphatic heterocycles. The van der Waals surface area contributed by atoms with Gasteiger partial charge < -0.3 is 5.73 Å². The topological polar surface area (TPSA) is 26.0 Å². The van der Waals surface area contributed by atoms with Crippen molar-refractivity contribution in [1.82, 2.24) is 0 Å². The van der Waals surface area contributed by atoms with Crippen LogP contribution in [0.15, 0.2) is 0 Å². The zero-order valence-corrected chi connectivity index (χ0v) is 7.06. The van der Waals surface area contributed by atoms with Crippen molar-refractivity contribution in [3.05, 3.63) is 0 Å². The smallest absolute Gasteiger partial charge is 0.330 e. The summed E-state index contributed by atoms with van der Waals surface area (Å²) in [6.45, 7) is -0.635. The Morgan fingerprint density at radius 3 is 1.31 bits per heavy atom. The van der Waals surface area contributed by atoms with E-state index in [0.717, 1.165) is 0 Å². The molecule has 0 aromatic heterocycles. The van der Waals surface area contributed by atoms with Gasteiger partial charge in [-0.2, -0.15) is 26.3 Å². The molecule has 0 aromatic carbocycles. The molecule has 0 spiro atoms. The van der Waals surface area contributed by atoms with E-state index in [2.05, 4.69) is 5.73 Å². The molecule has 0 radical (unpaired) electrons. The van der Waals surface area contributed by atoms with Crippen molar-refractivity contribution in [3.63, 3.8) is 0 Å². The lowest BCUT2D eigenvalue weighted by molar-refractivity contribution is -0.284. The summed E-state index contributed by atoms with van der Waals surface area (Å²) in [4.78, 5) is 0. The first-order chi connectivity index (χ1) is 5.19. The fourth-order valence-corrected chi connectivity index (χ4v) is 0.680. The molecule has 13 heavy (non-hydrogen) atoms. The Kier molecular flexibility index (Phi) is 5.77. The van der Waals surface area contributed by atoms with E-state index in [9.17, 15) is 26.3 Å². The van der Waals surface area contributed by atoms with E-state index >= 15 is 0 Å². The van der Waals surface area contributed by atoms with Crippen LogP contribution in [0.5, 0.6) is 0 Å². The molecule has 0 rings (SSSR count). The van der Waals surface area contributed by atoms with Gasteiger partial charge in [-0.05, 0) is 13.0 Å². The summed E-state index contributed by atoms with van der Waals surface area (Å²) in [5.74, 6) is -3.30. The number of nitrogens with two attached hydrogens (primary N) is 1. The molecule has 0 saturated carbocycles. The summed E-state index contributed by atoms with van der Waals surface area (Å²) >= 11 is 0. The van der Waals surface area contributed by atoms with Gasteiger partial charge in [-0.15, -0.1) is 12.4 Å². The second-order valence-electron chi connectivity index (χ2n) is 2.21. The minimum atomic E-state index is -5.25. The third-order valence-electron chi connectivity index (χ3n) is 1.25. The average molecular weight is 232 g/mol. The SMILES string of the molecule is Cl.NCCC(C(F)(F)F)C(F)(F)F. The van der Waals surface area contributed by atoms with Crippen LogP contribution in [0.4, 0.5) is 26.3 Å². The number of hydrogen-bond acceptors (Lipinski definition) is 1. The van der Waals surface area contributed by atoms with Crippen molar-refractivity contribution >= 4 is 12.4 Å². The van der Waals surface area contributed by atoms with Gasteiger partial charge in [-0.3, -0.25) is 0 Å². The highest BCUT2D eigenvalue weighted by molar-refractivity contribution is 5.85. The van der Waals surface area contributed by atoms with Crippen LogP contribution in [-0.2, 0) is 0 Å². The Hall–Kier alpha value is -0.170. The fourth-order valence-electron chi connectivity index (χ4n) is 0.680. The normalized spacial score (nSPS) is 12.9. The van der Waals surface area contributed by atoms with Crippen LogP contribution >= 0.6 is 12.4 Å². The van der Waals surface area contributed by atoms with Gasteiger partial charge in [0.15, 0.2) is 5.92 Å². The molecule has 1 nitrogen and oxygen atoms in total. The van der Waals surface area contributed by atoms with Gasteiger partial charge in [0.2, 0.25) is 0 Å². The molecule has 0 atom stereocenters. The molecule has 0 aliphatic carbocycles. The molecular weight excluding hydrogens is 224 g/mol. The standard InChI is InChI=1S/C5H7F6N.ClH/c6-4(7,8)3(1-2-12)5(9,10)11;/h3H,1-2,12H2;1H. The Morgan fingerprint density at radius 2 is 1.23 bits per heavy atom. The first-order valence-electron chi connectivity index (χ1n) is 3.03. The quantitative estimate of drug-likeness (QED) is 0.726. The van der Waals surface area contributed by atoms with Gasteiger partial charge in [-0.1, -0.05) is 0 Å². The molecular formula is C5H8ClF6N. The monoisotopic (exact) mass is 231 g/mol. The Bertz CT molecular complexity index is 127. The zero-order valence-electron chi connectivity index (χ0n) is 6.24. The third-order valence-corrected chi connectivity index (χ3v) is 1.25. The molecule has 0 saturated heterocycles. The molecule has 0 unspecified atom stereocenters. The molecule has 2 N–H and O–H groups in total. The lowest BCUT2D eigenvalue weighted by Gasteiger charge is -2.21. The van der Waals surface area contributed by atoms with Crippen LogP contribution < -0.4 is 5.73 Å². The first-order valence-corrected chi connectivity index (χ1v) is 3.03. The minimum Gasteiger partial charge on any atom is -0.330 e. The number of rotatable bonds is 2. The van der Waals surface area contributed by atoms with Gasteiger partial charge in [0.25, 0.3) is 0 Å². The van der Waals surface area contributed by atoms with E-state index in [1.807, 2.05) is 0 Å². The van der Waals surface area contributed by atoms with Crippen molar-refractivity contribution in [2.75, 3.05) is 6.54 Å². The summed E-state index contributed by atoms with van der Waals surface area (Å²) in [5.41, 5.74) is 4.62. The van der Waals surface area contributed by atoms with Crippen molar-refractivity contribution in [2.24, 2.45) is 11.7 Å². The molecule has 0 amide bonds. The Morgan fingerprint density at radius 1 is 0.923 bits per heavy atom. The van der Waals surface area contributed by atoms with E-state index < -0.39 is 31.2 Å². The Labute approximate surface area is 76.7 Å². The van der Waals surface area contributed by atoms with E-state index in [1.165, 1.54) is 0 Å². The van der Waals surface area contributed by atoms with Gasteiger partial charge in [0.1, 0.15) is 0 Å². The van der Waals surface area contributed by atoms with E-state index in [0.29, 0.717) is 0 Å². The van der Waals surface area contributed by atoms with Crippen molar-refractivity contribution in [3.8, 4) is 0 Å². The van der Waals surface area contributed by atoms with Gasteiger partial charge in [-0.25, -0.2) is 0 Å². The van der Waals surface area contributed by atoms with Crippen molar-refractivity contribution < 1.29 is 26.3 Å². The highest BCUT2D eigenvalue weighted by Crippen LogP contribution is 2.40. The predicted molar refractivity (Wildman–Crippen MR) is 36.5 cm³/mol. The first kappa shape index (κ1) is 15.3. The highest BCUT2D eigenvalue weighted by atomic mass is 35.5. The maximum atomic E-state index is 11.6. The highest BCUT2D eigenvalue weighted by Gasteiger charge is 2.55. The molecule has 8 heteroatoms. The van der Waals surface area contributed by atoms with Gasteiger partial charge in [0, 0.05) is 0 Å². The second kappa shape index (κ2) is 4.90.